The molecule has 4 rings (SSSR count). The molecule has 0 saturated heterocycles. The summed E-state index contributed by atoms with van der Waals surface area (Å²) >= 11 is 0. The van der Waals surface area contributed by atoms with Gasteiger partial charge in [-0.3, -0.25) is 4.79 Å². The van der Waals surface area contributed by atoms with Crippen molar-refractivity contribution < 1.29 is 14.3 Å². The van der Waals surface area contributed by atoms with Crippen LogP contribution in [-0.4, -0.2) is 23.5 Å². The van der Waals surface area contributed by atoms with E-state index in [-0.39, 0.29) is 18.6 Å². The molecule has 0 radical (unpaired) electrons. The van der Waals surface area contributed by atoms with Crippen molar-refractivity contribution in [3.63, 3.8) is 0 Å². The molecular formula is C21H20N2O3. The van der Waals surface area contributed by atoms with Crippen LogP contribution in [0.25, 0.3) is 10.9 Å². The maximum atomic E-state index is 12.3. The smallest absolute Gasteiger partial charge is 0.340 e. The molecule has 1 atom stereocenters. The molecule has 0 aliphatic heterocycles. The number of H-pyrrole nitrogens is 1. The number of nitrogens with one attached hydrogen (secondary N) is 2. The number of aromatic amines is 1. The molecule has 5 nitrogen and oxygen atoms in total. The number of ether oxygens (including phenoxy) is 1. The van der Waals surface area contributed by atoms with E-state index in [1.807, 2.05) is 36.4 Å². The van der Waals surface area contributed by atoms with Crippen LogP contribution >= 0.6 is 0 Å². The molecule has 0 unspecified atom stereocenters. The second-order valence-electron chi connectivity index (χ2n) is 6.54. The number of benzene rings is 2. The number of amides is 1. The molecule has 1 aromatic heterocycles. The number of aryl methyl sites for hydroxylation is 1. The van der Waals surface area contributed by atoms with E-state index < -0.39 is 5.97 Å². The predicted octanol–water partition coefficient (Wildman–Crippen LogP) is 3.52. The summed E-state index contributed by atoms with van der Waals surface area (Å²) in [6, 6.07) is 15.6. The Hall–Kier alpha value is -3.08. The first-order valence-electron chi connectivity index (χ1n) is 8.83. The minimum atomic E-state index is -0.498. The zero-order valence-corrected chi connectivity index (χ0v) is 14.3. The van der Waals surface area contributed by atoms with Crippen molar-refractivity contribution in [3.05, 3.63) is 71.4 Å². The summed E-state index contributed by atoms with van der Waals surface area (Å²) in [6.07, 6.45) is 4.59. The maximum absolute atomic E-state index is 12.3. The van der Waals surface area contributed by atoms with Gasteiger partial charge >= 0.3 is 5.97 Å². The van der Waals surface area contributed by atoms with Crippen LogP contribution in [0.1, 0.15) is 40.4 Å². The van der Waals surface area contributed by atoms with E-state index in [0.29, 0.717) is 5.56 Å². The molecule has 132 valence electrons. The Morgan fingerprint density at radius 2 is 1.92 bits per heavy atom. The second-order valence-corrected chi connectivity index (χ2v) is 6.54. The largest absolute Gasteiger partial charge is 0.452 e. The fourth-order valence-corrected chi connectivity index (χ4v) is 3.59. The lowest BCUT2D eigenvalue weighted by Crippen LogP contribution is -2.34. The van der Waals surface area contributed by atoms with Crippen molar-refractivity contribution >= 4 is 22.8 Å². The first-order chi connectivity index (χ1) is 12.7. The van der Waals surface area contributed by atoms with Gasteiger partial charge in [0, 0.05) is 17.1 Å². The van der Waals surface area contributed by atoms with Crippen molar-refractivity contribution in [2.75, 3.05) is 6.61 Å². The van der Waals surface area contributed by atoms with Gasteiger partial charge in [-0.1, -0.05) is 42.5 Å². The lowest BCUT2D eigenvalue weighted by atomic mass is 9.88. The molecule has 1 heterocycles. The number of hydrogen-bond donors (Lipinski definition) is 2. The number of aromatic nitrogens is 1. The maximum Gasteiger partial charge on any atom is 0.340 e. The van der Waals surface area contributed by atoms with E-state index in [0.717, 1.165) is 35.7 Å². The minimum Gasteiger partial charge on any atom is -0.452 e. The molecule has 1 aliphatic carbocycles. The van der Waals surface area contributed by atoms with Crippen LogP contribution in [0.4, 0.5) is 0 Å². The van der Waals surface area contributed by atoms with Gasteiger partial charge < -0.3 is 15.0 Å². The van der Waals surface area contributed by atoms with Crippen LogP contribution in [0.3, 0.4) is 0 Å². The Balaban J connectivity index is 1.38. The first kappa shape index (κ1) is 16.4. The van der Waals surface area contributed by atoms with Gasteiger partial charge in [0.25, 0.3) is 5.91 Å². The van der Waals surface area contributed by atoms with Crippen LogP contribution in [0.2, 0.25) is 0 Å². The molecule has 0 fully saturated rings. The van der Waals surface area contributed by atoms with Crippen molar-refractivity contribution in [2.24, 2.45) is 0 Å². The molecule has 26 heavy (non-hydrogen) atoms. The fourth-order valence-electron chi connectivity index (χ4n) is 3.59. The van der Waals surface area contributed by atoms with Gasteiger partial charge in [-0.2, -0.15) is 0 Å². The summed E-state index contributed by atoms with van der Waals surface area (Å²) in [5.41, 5.74) is 3.74. The molecule has 1 amide bonds. The zero-order chi connectivity index (χ0) is 17.9. The van der Waals surface area contributed by atoms with Crippen LogP contribution in [0.5, 0.6) is 0 Å². The highest BCUT2D eigenvalue weighted by Crippen LogP contribution is 2.29. The standard InChI is InChI=1S/C21H20N2O3/c24-20(23-19-11-5-7-14-6-1-2-8-15(14)19)13-26-21(25)17-12-22-18-10-4-3-9-16(17)18/h1-4,6,8-10,12,19,22H,5,7,11,13H2,(H,23,24)/t19-/m1/s1. The van der Waals surface area contributed by atoms with Crippen LogP contribution in [0.15, 0.2) is 54.7 Å². The molecule has 2 aromatic carbocycles. The van der Waals surface area contributed by atoms with Gasteiger partial charge in [-0.05, 0) is 36.5 Å². The van der Waals surface area contributed by atoms with Crippen molar-refractivity contribution in [2.45, 2.75) is 25.3 Å². The van der Waals surface area contributed by atoms with Gasteiger partial charge in [0.1, 0.15) is 0 Å². The van der Waals surface area contributed by atoms with E-state index in [1.165, 1.54) is 5.56 Å². The zero-order valence-electron chi connectivity index (χ0n) is 14.3. The number of para-hydroxylation sites is 1. The predicted molar refractivity (Wildman–Crippen MR) is 98.8 cm³/mol. The van der Waals surface area contributed by atoms with Gasteiger partial charge in [-0.25, -0.2) is 4.79 Å². The Morgan fingerprint density at radius 1 is 1.12 bits per heavy atom. The summed E-state index contributed by atoms with van der Waals surface area (Å²) in [5, 5.41) is 3.78. The van der Waals surface area contributed by atoms with Crippen molar-refractivity contribution in [1.82, 2.24) is 10.3 Å². The SMILES string of the molecule is O=C(COC(=O)c1c[nH]c2ccccc12)N[C@@H]1CCCc2ccccc21. The molecule has 5 heteroatoms. The van der Waals surface area contributed by atoms with E-state index in [4.69, 9.17) is 4.74 Å². The third-order valence-electron chi connectivity index (χ3n) is 4.85. The summed E-state index contributed by atoms with van der Waals surface area (Å²) in [4.78, 5) is 27.6. The number of carbonyl (C=O) groups is 2. The van der Waals surface area contributed by atoms with Gasteiger partial charge in [0.15, 0.2) is 6.61 Å². The molecule has 0 saturated carbocycles. The van der Waals surface area contributed by atoms with E-state index >= 15 is 0 Å². The van der Waals surface area contributed by atoms with E-state index in [9.17, 15) is 9.59 Å². The average Bonchev–Trinajstić information content (AvgIpc) is 3.11. The van der Waals surface area contributed by atoms with Gasteiger partial charge in [0.2, 0.25) is 0 Å². The number of esters is 1. The summed E-state index contributed by atoms with van der Waals surface area (Å²) < 4.78 is 5.21. The number of rotatable bonds is 4. The monoisotopic (exact) mass is 348 g/mol. The van der Waals surface area contributed by atoms with E-state index in [1.54, 1.807) is 6.20 Å². The topological polar surface area (TPSA) is 71.2 Å². The van der Waals surface area contributed by atoms with E-state index in [2.05, 4.69) is 22.4 Å². The molecule has 2 N–H and O–H groups in total. The minimum absolute atomic E-state index is 0.0146. The van der Waals surface area contributed by atoms with Gasteiger partial charge in [-0.15, -0.1) is 0 Å². The third kappa shape index (κ3) is 3.20. The number of carbonyl (C=O) groups excluding carboxylic acids is 2. The van der Waals surface area contributed by atoms with Crippen LogP contribution in [0, 0.1) is 0 Å². The Bertz CT molecular complexity index is 961. The van der Waals surface area contributed by atoms with Crippen LogP contribution in [-0.2, 0) is 16.0 Å². The molecule has 0 spiro atoms. The highest BCUT2D eigenvalue weighted by atomic mass is 16.5. The normalized spacial score (nSPS) is 16.1. The summed E-state index contributed by atoms with van der Waals surface area (Å²) in [5.74, 6) is -0.776. The number of hydrogen-bond acceptors (Lipinski definition) is 3. The lowest BCUT2D eigenvalue weighted by Gasteiger charge is -2.26. The van der Waals surface area contributed by atoms with Crippen molar-refractivity contribution in [3.8, 4) is 0 Å². The summed E-state index contributed by atoms with van der Waals surface area (Å²) in [7, 11) is 0. The average molecular weight is 348 g/mol. The Morgan fingerprint density at radius 3 is 2.85 bits per heavy atom. The fraction of sp³-hybridized carbons (Fsp3) is 0.238. The molecular weight excluding hydrogens is 328 g/mol. The quantitative estimate of drug-likeness (QED) is 0.709. The molecule has 1 aliphatic rings. The first-order valence-corrected chi connectivity index (χ1v) is 8.83. The van der Waals surface area contributed by atoms with Crippen molar-refractivity contribution in [1.29, 1.82) is 0 Å². The second kappa shape index (κ2) is 7.04. The Labute approximate surface area is 151 Å². The highest BCUT2D eigenvalue weighted by Gasteiger charge is 2.22. The third-order valence-corrected chi connectivity index (χ3v) is 4.85. The van der Waals surface area contributed by atoms with Crippen LogP contribution < -0.4 is 5.32 Å². The molecule has 0 bridgehead atoms. The summed E-state index contributed by atoms with van der Waals surface area (Å²) in [6.45, 7) is -0.281. The highest BCUT2D eigenvalue weighted by molar-refractivity contribution is 6.04. The van der Waals surface area contributed by atoms with Gasteiger partial charge in [0.05, 0.1) is 11.6 Å². The number of fused-ring (bicyclic) bond motifs is 2. The molecule has 3 aromatic rings. The Kier molecular flexibility index (Phi) is 4.44. The lowest BCUT2D eigenvalue weighted by molar-refractivity contribution is -0.125.